The predicted octanol–water partition coefficient (Wildman–Crippen LogP) is 3.64. The van der Waals surface area contributed by atoms with Gasteiger partial charge in [0.25, 0.3) is 0 Å². The van der Waals surface area contributed by atoms with Crippen LogP contribution in [-0.4, -0.2) is 19.3 Å². The molecule has 0 N–H and O–H groups in total. The molecule has 1 aliphatic carbocycles. The van der Waals surface area contributed by atoms with E-state index in [0.29, 0.717) is 6.10 Å². The van der Waals surface area contributed by atoms with Crippen molar-refractivity contribution in [3.63, 3.8) is 0 Å². The maximum absolute atomic E-state index is 5.85. The van der Waals surface area contributed by atoms with Crippen molar-refractivity contribution in [3.05, 3.63) is 0 Å². The second-order valence-corrected chi connectivity index (χ2v) is 6.47. The lowest BCUT2D eigenvalue weighted by molar-refractivity contribution is 0.00979. The number of hydrogen-bond acceptors (Lipinski definition) is 3. The first kappa shape index (κ1) is 11.8. The molecule has 2 aliphatic rings. The van der Waals surface area contributed by atoms with Crippen LogP contribution in [0.1, 0.15) is 46.0 Å². The molecule has 88 valence electrons. The van der Waals surface area contributed by atoms with Gasteiger partial charge >= 0.3 is 8.60 Å². The van der Waals surface area contributed by atoms with Crippen LogP contribution in [0.25, 0.3) is 0 Å². The van der Waals surface area contributed by atoms with Crippen molar-refractivity contribution in [1.29, 1.82) is 0 Å². The van der Waals surface area contributed by atoms with E-state index in [4.69, 9.17) is 13.6 Å². The van der Waals surface area contributed by atoms with Crippen molar-refractivity contribution < 1.29 is 13.6 Å². The summed E-state index contributed by atoms with van der Waals surface area (Å²) in [5.41, 5.74) is 0.148. The van der Waals surface area contributed by atoms with E-state index in [9.17, 15) is 0 Å². The molecule has 3 nitrogen and oxygen atoms in total. The molecule has 15 heavy (non-hydrogen) atoms. The summed E-state index contributed by atoms with van der Waals surface area (Å²) in [6, 6.07) is 0. The quantitative estimate of drug-likeness (QED) is 0.680. The molecule has 0 aromatic heterocycles. The van der Waals surface area contributed by atoms with Gasteiger partial charge in [-0.3, -0.25) is 0 Å². The highest BCUT2D eigenvalue weighted by molar-refractivity contribution is 7.41. The topological polar surface area (TPSA) is 27.7 Å². The van der Waals surface area contributed by atoms with Crippen LogP contribution in [0.3, 0.4) is 0 Å². The molecule has 0 bridgehead atoms. The molecule has 4 heteroatoms. The average Bonchev–Trinajstić information content (AvgIpc) is 2.23. The van der Waals surface area contributed by atoms with Gasteiger partial charge in [0.1, 0.15) is 0 Å². The first-order chi connectivity index (χ1) is 7.16. The fourth-order valence-corrected chi connectivity index (χ4v) is 3.45. The molecule has 1 aliphatic heterocycles. The van der Waals surface area contributed by atoms with E-state index in [0.717, 1.165) is 13.2 Å². The van der Waals surface area contributed by atoms with Crippen molar-refractivity contribution in [3.8, 4) is 0 Å². The monoisotopic (exact) mass is 232 g/mol. The molecule has 1 heterocycles. The second-order valence-electron chi connectivity index (χ2n) is 5.30. The first-order valence-electron chi connectivity index (χ1n) is 5.88. The largest absolute Gasteiger partial charge is 0.332 e. The van der Waals surface area contributed by atoms with Crippen LogP contribution in [0, 0.1) is 5.41 Å². The van der Waals surface area contributed by atoms with Crippen molar-refractivity contribution in [1.82, 2.24) is 0 Å². The second kappa shape index (κ2) is 5.09. The van der Waals surface area contributed by atoms with Gasteiger partial charge in [-0.1, -0.05) is 33.1 Å². The van der Waals surface area contributed by atoms with Gasteiger partial charge in [-0.05, 0) is 12.8 Å². The van der Waals surface area contributed by atoms with Crippen LogP contribution in [0.5, 0.6) is 0 Å². The fourth-order valence-electron chi connectivity index (χ4n) is 1.89. The van der Waals surface area contributed by atoms with Gasteiger partial charge in [0, 0.05) is 5.41 Å². The molecule has 0 aromatic carbocycles. The molecule has 1 saturated heterocycles. The van der Waals surface area contributed by atoms with E-state index < -0.39 is 8.60 Å². The van der Waals surface area contributed by atoms with Gasteiger partial charge < -0.3 is 13.6 Å². The molecule has 0 atom stereocenters. The molecule has 1 saturated carbocycles. The maximum Gasteiger partial charge on any atom is 0.332 e. The summed E-state index contributed by atoms with van der Waals surface area (Å²) in [6.45, 7) is 5.82. The zero-order valence-electron chi connectivity index (χ0n) is 9.70. The molecular formula is C11H21O3P. The lowest BCUT2D eigenvalue weighted by Gasteiger charge is -2.34. The summed E-state index contributed by atoms with van der Waals surface area (Å²) < 4.78 is 17.1. The third-order valence-electron chi connectivity index (χ3n) is 2.91. The Balaban J connectivity index is 1.71. The van der Waals surface area contributed by atoms with Gasteiger partial charge in [0.2, 0.25) is 0 Å². The van der Waals surface area contributed by atoms with Crippen molar-refractivity contribution in [2.45, 2.75) is 52.1 Å². The molecular weight excluding hydrogens is 211 g/mol. The number of hydrogen-bond donors (Lipinski definition) is 0. The Morgan fingerprint density at radius 1 is 1.07 bits per heavy atom. The lowest BCUT2D eigenvalue weighted by atomic mass is 9.97. The van der Waals surface area contributed by atoms with Crippen LogP contribution < -0.4 is 0 Å². The third kappa shape index (κ3) is 3.67. The summed E-state index contributed by atoms with van der Waals surface area (Å²) in [5, 5.41) is 0. The Kier molecular flexibility index (Phi) is 4.00. The maximum atomic E-state index is 5.85. The van der Waals surface area contributed by atoms with Crippen LogP contribution >= 0.6 is 8.60 Å². The van der Waals surface area contributed by atoms with Crippen molar-refractivity contribution in [2.24, 2.45) is 5.41 Å². The lowest BCUT2D eigenvalue weighted by Crippen LogP contribution is -2.29. The van der Waals surface area contributed by atoms with Gasteiger partial charge in [-0.2, -0.15) is 0 Å². The Morgan fingerprint density at radius 2 is 1.67 bits per heavy atom. The van der Waals surface area contributed by atoms with Gasteiger partial charge in [0.15, 0.2) is 0 Å². The van der Waals surface area contributed by atoms with E-state index >= 15 is 0 Å². The third-order valence-corrected chi connectivity index (χ3v) is 4.06. The minimum Gasteiger partial charge on any atom is -0.312 e. The standard InChI is InChI=1S/C11H21O3P/c1-11(2)8-12-15(13-9-11)14-10-6-4-3-5-7-10/h10H,3-9H2,1-2H3. The molecule has 0 aromatic rings. The Labute approximate surface area is 93.5 Å². The van der Waals surface area contributed by atoms with Crippen molar-refractivity contribution in [2.75, 3.05) is 13.2 Å². The predicted molar refractivity (Wildman–Crippen MR) is 60.6 cm³/mol. The van der Waals surface area contributed by atoms with Crippen LogP contribution in [0.4, 0.5) is 0 Å². The van der Waals surface area contributed by atoms with E-state index in [1.54, 1.807) is 0 Å². The molecule has 0 amide bonds. The highest BCUT2D eigenvalue weighted by atomic mass is 31.2. The van der Waals surface area contributed by atoms with Gasteiger partial charge in [0.05, 0.1) is 19.3 Å². The fraction of sp³-hybridized carbons (Fsp3) is 1.00. The molecule has 2 rings (SSSR count). The molecule has 2 fully saturated rings. The van der Waals surface area contributed by atoms with Crippen LogP contribution in [-0.2, 0) is 13.6 Å². The van der Waals surface area contributed by atoms with E-state index in [-0.39, 0.29) is 5.41 Å². The zero-order chi connectivity index (χ0) is 10.7. The Morgan fingerprint density at radius 3 is 2.27 bits per heavy atom. The van der Waals surface area contributed by atoms with Crippen molar-refractivity contribution >= 4 is 8.60 Å². The highest BCUT2D eigenvalue weighted by Gasteiger charge is 2.32. The van der Waals surface area contributed by atoms with E-state index in [2.05, 4.69) is 13.8 Å². The summed E-state index contributed by atoms with van der Waals surface area (Å²) in [7, 11) is -1.05. The summed E-state index contributed by atoms with van der Waals surface area (Å²) >= 11 is 0. The van der Waals surface area contributed by atoms with E-state index in [1.807, 2.05) is 0 Å². The number of rotatable bonds is 2. The highest BCUT2D eigenvalue weighted by Crippen LogP contribution is 2.48. The Bertz CT molecular complexity index is 192. The minimum absolute atomic E-state index is 0.148. The van der Waals surface area contributed by atoms with Gasteiger partial charge in [-0.15, -0.1) is 0 Å². The first-order valence-corrected chi connectivity index (χ1v) is 6.98. The SMILES string of the molecule is CC1(C)COP(OC2CCCCC2)OC1. The zero-order valence-corrected chi connectivity index (χ0v) is 10.6. The van der Waals surface area contributed by atoms with Crippen LogP contribution in [0.2, 0.25) is 0 Å². The van der Waals surface area contributed by atoms with Crippen LogP contribution in [0.15, 0.2) is 0 Å². The smallest absolute Gasteiger partial charge is 0.312 e. The van der Waals surface area contributed by atoms with Gasteiger partial charge in [-0.25, -0.2) is 0 Å². The molecule has 0 spiro atoms. The summed E-state index contributed by atoms with van der Waals surface area (Å²) in [6.07, 6.45) is 6.67. The summed E-state index contributed by atoms with van der Waals surface area (Å²) in [5.74, 6) is 0. The minimum atomic E-state index is -1.05. The Hall–Kier alpha value is 0.310. The molecule has 0 radical (unpaired) electrons. The average molecular weight is 232 g/mol. The normalized spacial score (nSPS) is 29.2. The summed E-state index contributed by atoms with van der Waals surface area (Å²) in [4.78, 5) is 0. The molecule has 0 unspecified atom stereocenters. The van der Waals surface area contributed by atoms with E-state index in [1.165, 1.54) is 32.1 Å².